The molecule has 2 atom stereocenters. The number of para-hydroxylation sites is 1. The number of aliphatic hydroxyl groups is 1. The molecule has 0 bridgehead atoms. The zero-order chi connectivity index (χ0) is 16.2. The van der Waals surface area contributed by atoms with Crippen molar-refractivity contribution < 1.29 is 19.2 Å². The second kappa shape index (κ2) is 5.03. The molecule has 7 heteroatoms. The van der Waals surface area contributed by atoms with Crippen molar-refractivity contribution >= 4 is 36.5 Å². The summed E-state index contributed by atoms with van der Waals surface area (Å²) >= 11 is 3.48. The van der Waals surface area contributed by atoms with E-state index in [0.29, 0.717) is 24.4 Å². The Morgan fingerprint density at radius 3 is 2.82 bits per heavy atom. The summed E-state index contributed by atoms with van der Waals surface area (Å²) in [4.78, 5) is 0. The van der Waals surface area contributed by atoms with Gasteiger partial charge in [-0.15, -0.1) is 0 Å². The molecule has 3 rings (SSSR count). The summed E-state index contributed by atoms with van der Waals surface area (Å²) < 4.78 is 18.0. The van der Waals surface area contributed by atoms with Crippen molar-refractivity contribution in [3.05, 3.63) is 28.2 Å². The topological polar surface area (TPSA) is 47.9 Å². The zero-order valence-corrected chi connectivity index (χ0v) is 14.4. The van der Waals surface area contributed by atoms with Crippen LogP contribution in [0.1, 0.15) is 32.8 Å². The maximum absolute atomic E-state index is 10.7. The number of hydrogen-bond donors (Lipinski definition) is 1. The van der Waals surface area contributed by atoms with Gasteiger partial charge in [0.2, 0.25) is 0 Å². The number of fused-ring (bicyclic) bond motifs is 2. The summed E-state index contributed by atoms with van der Waals surface area (Å²) in [6.07, 6.45) is 0.464. The van der Waals surface area contributed by atoms with Gasteiger partial charge < -0.3 is 0 Å². The Morgan fingerprint density at radius 2 is 2.14 bits per heavy atom. The average molecular weight is 363 g/mol. The van der Waals surface area contributed by atoms with Crippen LogP contribution in [0.4, 0.5) is 0 Å². The Morgan fingerprint density at radius 1 is 1.41 bits per heavy atom. The molecular formula is C15H17B2BrO4. The molecule has 1 aromatic carbocycles. The van der Waals surface area contributed by atoms with Gasteiger partial charge in [-0.05, 0) is 0 Å². The first-order chi connectivity index (χ1) is 10.2. The molecule has 2 unspecified atom stereocenters. The summed E-state index contributed by atoms with van der Waals surface area (Å²) in [5.41, 5.74) is -2.03. The van der Waals surface area contributed by atoms with E-state index in [-0.39, 0.29) is 0 Å². The normalized spacial score (nSPS) is 30.0. The third kappa shape index (κ3) is 2.29. The van der Waals surface area contributed by atoms with Crippen molar-refractivity contribution in [3.8, 4) is 5.75 Å². The molecule has 2 aliphatic rings. The number of ether oxygens (including phenoxy) is 2. The SMILES string of the molecule is [B]C1(O)OB=C(OC(C)(C)C)C12CCOc1c(Br)cccc12. The van der Waals surface area contributed by atoms with Crippen LogP contribution in [0.3, 0.4) is 0 Å². The van der Waals surface area contributed by atoms with Gasteiger partial charge in [0.15, 0.2) is 0 Å². The first-order valence-corrected chi connectivity index (χ1v) is 7.97. The molecule has 1 aromatic rings. The zero-order valence-electron chi connectivity index (χ0n) is 12.9. The van der Waals surface area contributed by atoms with Crippen LogP contribution in [0.15, 0.2) is 22.7 Å². The molecule has 22 heavy (non-hydrogen) atoms. The molecule has 0 aromatic heterocycles. The van der Waals surface area contributed by atoms with Crippen LogP contribution in [0, 0.1) is 0 Å². The molecule has 0 aliphatic carbocycles. The Balaban J connectivity index is 2.18. The van der Waals surface area contributed by atoms with Crippen LogP contribution in [0.5, 0.6) is 5.75 Å². The maximum atomic E-state index is 10.7. The minimum absolute atomic E-state index is 0.406. The number of benzene rings is 1. The van der Waals surface area contributed by atoms with Gasteiger partial charge in [-0.25, -0.2) is 0 Å². The van der Waals surface area contributed by atoms with Crippen molar-refractivity contribution in [1.82, 2.24) is 0 Å². The van der Waals surface area contributed by atoms with Crippen LogP contribution in [0.2, 0.25) is 0 Å². The Kier molecular flexibility index (Phi) is 3.64. The van der Waals surface area contributed by atoms with Crippen molar-refractivity contribution in [3.63, 3.8) is 0 Å². The van der Waals surface area contributed by atoms with E-state index in [1.165, 1.54) is 7.12 Å². The fraction of sp³-hybridized carbons (Fsp3) is 0.533. The Bertz CT molecular complexity index is 639. The minimum atomic E-state index is -1.88. The average Bonchev–Trinajstić information content (AvgIpc) is 2.64. The number of rotatable bonds is 1. The van der Waals surface area contributed by atoms with Crippen LogP contribution in [-0.4, -0.2) is 43.6 Å². The van der Waals surface area contributed by atoms with Crippen molar-refractivity contribution in [1.29, 1.82) is 0 Å². The van der Waals surface area contributed by atoms with Crippen LogP contribution in [-0.2, 0) is 14.8 Å². The van der Waals surface area contributed by atoms with E-state index < -0.39 is 16.7 Å². The third-order valence-electron chi connectivity index (χ3n) is 3.94. The van der Waals surface area contributed by atoms with Gasteiger partial charge in [0, 0.05) is 0 Å². The van der Waals surface area contributed by atoms with E-state index in [4.69, 9.17) is 22.0 Å². The van der Waals surface area contributed by atoms with Crippen molar-refractivity contribution in [2.24, 2.45) is 0 Å². The van der Waals surface area contributed by atoms with Crippen molar-refractivity contribution in [2.45, 2.75) is 43.9 Å². The van der Waals surface area contributed by atoms with Gasteiger partial charge in [-0.1, -0.05) is 0 Å². The van der Waals surface area contributed by atoms with Crippen molar-refractivity contribution in [2.75, 3.05) is 6.61 Å². The van der Waals surface area contributed by atoms with Crippen LogP contribution >= 0.6 is 15.9 Å². The third-order valence-corrected chi connectivity index (χ3v) is 4.57. The van der Waals surface area contributed by atoms with Gasteiger partial charge in [-0.3, -0.25) is 0 Å². The second-order valence-electron chi connectivity index (χ2n) is 6.63. The Hall–Kier alpha value is -0.940. The van der Waals surface area contributed by atoms with Gasteiger partial charge in [0.05, 0.1) is 0 Å². The molecular weight excluding hydrogens is 346 g/mol. The molecule has 1 spiro atoms. The van der Waals surface area contributed by atoms with E-state index in [1.807, 2.05) is 39.0 Å². The first-order valence-electron chi connectivity index (χ1n) is 7.18. The molecule has 2 radical (unpaired) electrons. The predicted molar refractivity (Wildman–Crippen MR) is 89.3 cm³/mol. The van der Waals surface area contributed by atoms with E-state index in [9.17, 15) is 5.11 Å². The quantitative estimate of drug-likeness (QED) is 0.775. The molecule has 2 heterocycles. The molecule has 0 fully saturated rings. The van der Waals surface area contributed by atoms with Gasteiger partial charge >= 0.3 is 140 Å². The van der Waals surface area contributed by atoms with E-state index in [1.54, 1.807) is 0 Å². The summed E-state index contributed by atoms with van der Waals surface area (Å²) in [6, 6.07) is 5.64. The molecule has 4 nitrogen and oxygen atoms in total. The monoisotopic (exact) mass is 362 g/mol. The molecule has 0 saturated carbocycles. The molecule has 2 aliphatic heterocycles. The van der Waals surface area contributed by atoms with E-state index in [0.717, 1.165) is 10.0 Å². The number of hydrogen-bond acceptors (Lipinski definition) is 4. The summed E-state index contributed by atoms with van der Waals surface area (Å²) in [5, 5.41) is 10.7. The molecule has 114 valence electrons. The fourth-order valence-electron chi connectivity index (χ4n) is 3.02. The summed E-state index contributed by atoms with van der Waals surface area (Å²) in [6.45, 7) is 6.23. The molecule has 0 saturated heterocycles. The summed E-state index contributed by atoms with van der Waals surface area (Å²) in [5.74, 6) is 0.659. The van der Waals surface area contributed by atoms with Gasteiger partial charge in [0.1, 0.15) is 0 Å². The van der Waals surface area contributed by atoms with Gasteiger partial charge in [-0.2, -0.15) is 0 Å². The van der Waals surface area contributed by atoms with Crippen LogP contribution in [0.25, 0.3) is 0 Å². The summed E-state index contributed by atoms with van der Waals surface area (Å²) in [7, 11) is 7.51. The fourth-order valence-corrected chi connectivity index (χ4v) is 3.50. The molecule has 1 N–H and O–H groups in total. The predicted octanol–water partition coefficient (Wildman–Crippen LogP) is 1.88. The Labute approximate surface area is 140 Å². The van der Waals surface area contributed by atoms with E-state index in [2.05, 4.69) is 15.9 Å². The van der Waals surface area contributed by atoms with Gasteiger partial charge in [0.25, 0.3) is 0 Å². The second-order valence-corrected chi connectivity index (χ2v) is 7.49. The van der Waals surface area contributed by atoms with E-state index >= 15 is 0 Å². The van der Waals surface area contributed by atoms with Crippen LogP contribution < -0.4 is 4.74 Å². The molecule has 0 amide bonds. The first kappa shape index (κ1) is 15.9. The number of halogens is 1. The standard InChI is InChI=1S/C15H17B2BrO4/c1-13(2,3)21-12-14(15(16,19)22-17-12)7-8-20-11-9(14)5-4-6-10(11)18/h4-6,19H,7-8H2,1-3H3.